The lowest BCUT2D eigenvalue weighted by Gasteiger charge is -2.34. The molecule has 0 aromatic carbocycles. The Morgan fingerprint density at radius 1 is 1.61 bits per heavy atom. The van der Waals surface area contributed by atoms with Gasteiger partial charge in [-0.1, -0.05) is 6.92 Å². The largest absolute Gasteiger partial charge is 0.333 e. The van der Waals surface area contributed by atoms with Crippen molar-refractivity contribution in [1.29, 1.82) is 5.26 Å². The predicted molar refractivity (Wildman–Crippen MR) is 70.3 cm³/mol. The Balaban J connectivity index is 2.10. The highest BCUT2D eigenvalue weighted by molar-refractivity contribution is 7.11. The van der Waals surface area contributed by atoms with Gasteiger partial charge in [-0.3, -0.25) is 4.79 Å². The first-order chi connectivity index (χ1) is 8.56. The van der Waals surface area contributed by atoms with Crippen LogP contribution in [0.3, 0.4) is 0 Å². The minimum absolute atomic E-state index is 0.161. The van der Waals surface area contributed by atoms with E-state index in [2.05, 4.69) is 23.3 Å². The highest BCUT2D eigenvalue weighted by Gasteiger charge is 2.36. The second-order valence-corrected chi connectivity index (χ2v) is 5.95. The Labute approximate surface area is 111 Å². The molecule has 0 spiro atoms. The number of aryl methyl sites for hydroxylation is 1. The van der Waals surface area contributed by atoms with Crippen molar-refractivity contribution in [3.05, 3.63) is 16.1 Å². The first-order valence-electron chi connectivity index (χ1n) is 6.20. The fourth-order valence-electron chi connectivity index (χ4n) is 2.31. The zero-order valence-corrected chi connectivity index (χ0v) is 11.5. The van der Waals surface area contributed by atoms with Crippen LogP contribution in [-0.2, 0) is 0 Å². The van der Waals surface area contributed by atoms with Crippen LogP contribution in [0.5, 0.6) is 0 Å². The molecule has 96 valence electrons. The average molecular weight is 263 g/mol. The van der Waals surface area contributed by atoms with Crippen LogP contribution in [0.25, 0.3) is 0 Å². The van der Waals surface area contributed by atoms with Crippen LogP contribution in [0.15, 0.2) is 5.51 Å². The molecule has 0 saturated heterocycles. The number of nitrogens with one attached hydrogen (secondary N) is 1. The number of carbonyl (C=O) groups excluding carboxylic acids is 1. The summed E-state index contributed by atoms with van der Waals surface area (Å²) < 4.78 is 0. The smallest absolute Gasteiger partial charge is 0.264 e. The third-order valence-corrected chi connectivity index (χ3v) is 4.57. The third kappa shape index (κ3) is 2.54. The van der Waals surface area contributed by atoms with Crippen LogP contribution in [0.1, 0.15) is 48.0 Å². The second-order valence-electron chi connectivity index (χ2n) is 5.10. The van der Waals surface area contributed by atoms with Gasteiger partial charge in [0.25, 0.3) is 5.91 Å². The van der Waals surface area contributed by atoms with Gasteiger partial charge in [0.05, 0.1) is 17.3 Å². The minimum atomic E-state index is -0.681. The van der Waals surface area contributed by atoms with Gasteiger partial charge in [0.2, 0.25) is 0 Å². The van der Waals surface area contributed by atoms with Gasteiger partial charge in [-0.2, -0.15) is 5.26 Å². The molecule has 4 nitrogen and oxygen atoms in total. The predicted octanol–water partition coefficient (Wildman–Crippen LogP) is 2.65. The van der Waals surface area contributed by atoms with E-state index in [-0.39, 0.29) is 5.91 Å². The molecular formula is C13H17N3OS. The summed E-state index contributed by atoms with van der Waals surface area (Å²) in [6.07, 6.45) is 3.48. The average Bonchev–Trinajstić information content (AvgIpc) is 2.79. The van der Waals surface area contributed by atoms with Gasteiger partial charge >= 0.3 is 0 Å². The summed E-state index contributed by atoms with van der Waals surface area (Å²) in [6.45, 7) is 4.00. The highest BCUT2D eigenvalue weighted by Crippen LogP contribution is 2.32. The van der Waals surface area contributed by atoms with E-state index in [0.29, 0.717) is 10.8 Å². The molecule has 0 bridgehead atoms. The van der Waals surface area contributed by atoms with E-state index in [0.717, 1.165) is 31.4 Å². The zero-order valence-electron chi connectivity index (χ0n) is 10.7. The summed E-state index contributed by atoms with van der Waals surface area (Å²) in [6, 6.07) is 2.30. The summed E-state index contributed by atoms with van der Waals surface area (Å²) in [4.78, 5) is 16.8. The first-order valence-corrected chi connectivity index (χ1v) is 7.08. The number of thiazole rings is 1. The van der Waals surface area contributed by atoms with Crippen LogP contribution >= 0.6 is 11.3 Å². The van der Waals surface area contributed by atoms with Gasteiger partial charge in [-0.25, -0.2) is 4.98 Å². The third-order valence-electron chi connectivity index (χ3n) is 3.65. The summed E-state index contributed by atoms with van der Waals surface area (Å²) in [5.41, 5.74) is 1.71. The summed E-state index contributed by atoms with van der Waals surface area (Å²) in [5.74, 6) is 0.486. The molecule has 0 radical (unpaired) electrons. The van der Waals surface area contributed by atoms with E-state index < -0.39 is 5.54 Å². The van der Waals surface area contributed by atoms with E-state index in [1.807, 2.05) is 6.92 Å². The molecule has 18 heavy (non-hydrogen) atoms. The van der Waals surface area contributed by atoms with Crippen molar-refractivity contribution in [3.63, 3.8) is 0 Å². The normalized spacial score (nSPS) is 27.5. The Morgan fingerprint density at radius 2 is 2.28 bits per heavy atom. The maximum atomic E-state index is 12.1. The Hall–Kier alpha value is -1.41. The lowest BCUT2D eigenvalue weighted by molar-refractivity contribution is 0.0897. The van der Waals surface area contributed by atoms with Crippen molar-refractivity contribution in [3.8, 4) is 6.07 Å². The zero-order chi connectivity index (χ0) is 13.2. The molecule has 0 atom stereocenters. The lowest BCUT2D eigenvalue weighted by atomic mass is 9.78. The van der Waals surface area contributed by atoms with Gasteiger partial charge in [0.1, 0.15) is 10.4 Å². The molecule has 2 rings (SSSR count). The quantitative estimate of drug-likeness (QED) is 0.892. The van der Waals surface area contributed by atoms with Crippen molar-refractivity contribution in [2.75, 3.05) is 0 Å². The molecule has 1 heterocycles. The maximum Gasteiger partial charge on any atom is 0.264 e. The van der Waals surface area contributed by atoms with Crippen LogP contribution in [-0.4, -0.2) is 16.4 Å². The van der Waals surface area contributed by atoms with Crippen molar-refractivity contribution in [2.24, 2.45) is 5.92 Å². The summed E-state index contributed by atoms with van der Waals surface area (Å²) in [5, 5.41) is 12.3. The van der Waals surface area contributed by atoms with Gasteiger partial charge in [-0.15, -0.1) is 11.3 Å². The molecule has 1 N–H and O–H groups in total. The molecule has 1 fully saturated rings. The molecule has 5 heteroatoms. The standard InChI is InChI=1S/C13H17N3OS/c1-9-3-5-13(7-14,6-4-9)16-12(17)11-10(2)15-8-18-11/h8-9H,3-6H2,1-2H3,(H,16,17). The number of rotatable bonds is 2. The Kier molecular flexibility index (Phi) is 3.67. The number of carbonyl (C=O) groups is 1. The fourth-order valence-corrected chi connectivity index (χ4v) is 3.01. The monoisotopic (exact) mass is 263 g/mol. The Bertz CT molecular complexity index is 481. The van der Waals surface area contributed by atoms with E-state index in [9.17, 15) is 10.1 Å². The molecule has 1 aliphatic carbocycles. The van der Waals surface area contributed by atoms with E-state index in [4.69, 9.17) is 0 Å². The number of hydrogen-bond acceptors (Lipinski definition) is 4. The molecule has 1 saturated carbocycles. The van der Waals surface area contributed by atoms with Crippen LogP contribution < -0.4 is 5.32 Å². The van der Waals surface area contributed by atoms with Crippen LogP contribution in [0.4, 0.5) is 0 Å². The second kappa shape index (κ2) is 5.07. The number of nitrogens with zero attached hydrogens (tertiary/aromatic N) is 2. The van der Waals surface area contributed by atoms with Crippen molar-refractivity contribution in [1.82, 2.24) is 10.3 Å². The number of hydrogen-bond donors (Lipinski definition) is 1. The molecule has 1 aliphatic rings. The van der Waals surface area contributed by atoms with Gasteiger partial charge in [0, 0.05) is 0 Å². The number of nitriles is 1. The first kappa shape index (κ1) is 13.0. The fraction of sp³-hybridized carbons (Fsp3) is 0.615. The maximum absolute atomic E-state index is 12.1. The summed E-state index contributed by atoms with van der Waals surface area (Å²) in [7, 11) is 0. The topological polar surface area (TPSA) is 65.8 Å². The SMILES string of the molecule is Cc1ncsc1C(=O)NC1(C#N)CCC(C)CC1. The molecule has 1 amide bonds. The van der Waals surface area contributed by atoms with Crippen molar-refractivity contribution >= 4 is 17.2 Å². The van der Waals surface area contributed by atoms with Crippen molar-refractivity contribution in [2.45, 2.75) is 45.1 Å². The van der Waals surface area contributed by atoms with Gasteiger partial charge in [-0.05, 0) is 38.5 Å². The molecule has 0 aliphatic heterocycles. The van der Waals surface area contributed by atoms with Crippen LogP contribution in [0.2, 0.25) is 0 Å². The van der Waals surface area contributed by atoms with E-state index >= 15 is 0 Å². The Morgan fingerprint density at radius 3 is 2.78 bits per heavy atom. The number of amides is 1. The minimum Gasteiger partial charge on any atom is -0.333 e. The molecular weight excluding hydrogens is 246 g/mol. The van der Waals surface area contributed by atoms with Crippen LogP contribution in [0, 0.1) is 24.2 Å². The van der Waals surface area contributed by atoms with E-state index in [1.54, 1.807) is 5.51 Å². The van der Waals surface area contributed by atoms with Gasteiger partial charge < -0.3 is 5.32 Å². The van der Waals surface area contributed by atoms with E-state index in [1.165, 1.54) is 11.3 Å². The molecule has 1 aromatic rings. The summed E-state index contributed by atoms with van der Waals surface area (Å²) >= 11 is 1.32. The molecule has 0 unspecified atom stereocenters. The lowest BCUT2D eigenvalue weighted by Crippen LogP contribution is -2.49. The van der Waals surface area contributed by atoms with Gasteiger partial charge in [0.15, 0.2) is 0 Å². The van der Waals surface area contributed by atoms with Crippen molar-refractivity contribution < 1.29 is 4.79 Å². The highest BCUT2D eigenvalue weighted by atomic mass is 32.1. The number of aromatic nitrogens is 1. The molecule has 1 aromatic heterocycles.